The third kappa shape index (κ3) is 5.06. The van der Waals surface area contributed by atoms with Crippen LogP contribution in [0.3, 0.4) is 0 Å². The first-order valence-electron chi connectivity index (χ1n) is 9.58. The monoisotopic (exact) mass is 432 g/mol. The molecule has 2 aromatic heterocycles. The Morgan fingerprint density at radius 2 is 1.97 bits per heavy atom. The maximum absolute atomic E-state index is 11.6. The van der Waals surface area contributed by atoms with Gasteiger partial charge in [0.15, 0.2) is 0 Å². The van der Waals surface area contributed by atoms with Crippen LogP contribution in [0.4, 0.5) is 17.3 Å². The standard InChI is InChI=1S/C23H20N4O3S/c1-2-20(29)24-17-4-3-5-18(14-17)30-22-21-19(11-13-31-21)26-23(27-22)25-16-8-6-15(7-9-16)10-12-28/h2-9,11,13-14,28H,1,10,12H2,(H,24,29)(H,25,26,27). The van der Waals surface area contributed by atoms with Crippen LogP contribution in [0.5, 0.6) is 11.6 Å². The molecule has 2 aromatic carbocycles. The average Bonchev–Trinajstić information content (AvgIpc) is 3.24. The number of thiophene rings is 1. The fraction of sp³-hybridized carbons (Fsp3) is 0.0870. The van der Waals surface area contributed by atoms with Crippen molar-refractivity contribution in [2.45, 2.75) is 6.42 Å². The molecule has 7 nitrogen and oxygen atoms in total. The van der Waals surface area contributed by atoms with Gasteiger partial charge in [0.2, 0.25) is 17.7 Å². The van der Waals surface area contributed by atoms with Crippen molar-refractivity contribution < 1.29 is 14.6 Å². The molecule has 8 heteroatoms. The summed E-state index contributed by atoms with van der Waals surface area (Å²) >= 11 is 1.49. The van der Waals surface area contributed by atoms with Gasteiger partial charge in [-0.2, -0.15) is 4.98 Å². The van der Waals surface area contributed by atoms with Crippen molar-refractivity contribution in [3.8, 4) is 11.6 Å². The molecule has 0 radical (unpaired) electrons. The van der Waals surface area contributed by atoms with Gasteiger partial charge in [-0.05, 0) is 53.8 Å². The topological polar surface area (TPSA) is 96.4 Å². The highest BCUT2D eigenvalue weighted by atomic mass is 32.1. The molecular formula is C23H20N4O3S. The Labute approximate surface area is 183 Å². The third-order valence-corrected chi connectivity index (χ3v) is 5.28. The summed E-state index contributed by atoms with van der Waals surface area (Å²) in [4.78, 5) is 20.7. The Bertz CT molecular complexity index is 1220. The number of ether oxygens (including phenoxy) is 1. The van der Waals surface area contributed by atoms with Gasteiger partial charge in [0.1, 0.15) is 10.4 Å². The van der Waals surface area contributed by atoms with Gasteiger partial charge in [-0.25, -0.2) is 4.98 Å². The van der Waals surface area contributed by atoms with Crippen molar-refractivity contribution >= 4 is 44.8 Å². The smallest absolute Gasteiger partial charge is 0.247 e. The molecule has 0 fully saturated rings. The average molecular weight is 433 g/mol. The number of amides is 1. The van der Waals surface area contributed by atoms with Gasteiger partial charge in [0.05, 0.1) is 5.52 Å². The maximum Gasteiger partial charge on any atom is 0.247 e. The van der Waals surface area contributed by atoms with Gasteiger partial charge in [-0.3, -0.25) is 4.79 Å². The summed E-state index contributed by atoms with van der Waals surface area (Å²) < 4.78 is 6.87. The molecule has 0 atom stereocenters. The molecule has 156 valence electrons. The van der Waals surface area contributed by atoms with E-state index >= 15 is 0 Å². The molecule has 0 bridgehead atoms. The van der Waals surface area contributed by atoms with E-state index < -0.39 is 0 Å². The van der Waals surface area contributed by atoms with E-state index in [4.69, 9.17) is 9.84 Å². The Balaban J connectivity index is 1.59. The zero-order chi connectivity index (χ0) is 21.6. The number of hydrogen-bond donors (Lipinski definition) is 3. The molecule has 2 heterocycles. The number of anilines is 3. The van der Waals surface area contributed by atoms with E-state index in [1.165, 1.54) is 17.4 Å². The van der Waals surface area contributed by atoms with Gasteiger partial charge in [-0.1, -0.05) is 24.8 Å². The van der Waals surface area contributed by atoms with Crippen LogP contribution in [-0.2, 0) is 11.2 Å². The highest BCUT2D eigenvalue weighted by Gasteiger charge is 2.12. The summed E-state index contributed by atoms with van der Waals surface area (Å²) in [6, 6.07) is 16.7. The number of fused-ring (bicyclic) bond motifs is 1. The van der Waals surface area contributed by atoms with Crippen molar-refractivity contribution in [1.29, 1.82) is 0 Å². The van der Waals surface area contributed by atoms with E-state index in [9.17, 15) is 4.79 Å². The number of hydrogen-bond acceptors (Lipinski definition) is 7. The summed E-state index contributed by atoms with van der Waals surface area (Å²) in [5.41, 5.74) is 3.25. The predicted molar refractivity (Wildman–Crippen MR) is 123 cm³/mol. The number of carbonyl (C=O) groups is 1. The van der Waals surface area contributed by atoms with Crippen molar-refractivity contribution in [2.24, 2.45) is 0 Å². The van der Waals surface area contributed by atoms with Gasteiger partial charge >= 0.3 is 0 Å². The predicted octanol–water partition coefficient (Wildman–Crippen LogP) is 4.89. The number of nitrogens with one attached hydrogen (secondary N) is 2. The van der Waals surface area contributed by atoms with Gasteiger partial charge < -0.3 is 20.5 Å². The number of nitrogens with zero attached hydrogens (tertiary/aromatic N) is 2. The largest absolute Gasteiger partial charge is 0.437 e. The summed E-state index contributed by atoms with van der Waals surface area (Å²) in [5.74, 6) is 1.07. The molecular weight excluding hydrogens is 412 g/mol. The minimum atomic E-state index is -0.295. The second-order valence-electron chi connectivity index (χ2n) is 6.61. The van der Waals surface area contributed by atoms with Crippen LogP contribution in [0.15, 0.2) is 72.6 Å². The quantitative estimate of drug-likeness (QED) is 0.343. The molecule has 1 amide bonds. The van der Waals surface area contributed by atoms with E-state index in [1.807, 2.05) is 35.7 Å². The Hall–Kier alpha value is -3.75. The maximum atomic E-state index is 11.6. The van der Waals surface area contributed by atoms with Crippen LogP contribution in [-0.4, -0.2) is 27.6 Å². The van der Waals surface area contributed by atoms with E-state index in [1.54, 1.807) is 24.3 Å². The van der Waals surface area contributed by atoms with Crippen LogP contribution in [0, 0.1) is 0 Å². The van der Waals surface area contributed by atoms with Gasteiger partial charge in [-0.15, -0.1) is 11.3 Å². The number of aliphatic hydroxyl groups is 1. The fourth-order valence-electron chi connectivity index (χ4n) is 2.92. The van der Waals surface area contributed by atoms with Crippen molar-refractivity contribution in [1.82, 2.24) is 9.97 Å². The number of aromatic nitrogens is 2. The molecule has 4 rings (SSSR count). The van der Waals surface area contributed by atoms with Gasteiger partial charge in [0.25, 0.3) is 0 Å². The van der Waals surface area contributed by atoms with Crippen LogP contribution in [0.25, 0.3) is 10.2 Å². The number of carbonyl (C=O) groups excluding carboxylic acids is 1. The summed E-state index contributed by atoms with van der Waals surface area (Å²) in [6.45, 7) is 3.57. The molecule has 0 saturated heterocycles. The molecule has 0 spiro atoms. The summed E-state index contributed by atoms with van der Waals surface area (Å²) in [6.07, 6.45) is 1.82. The van der Waals surface area contributed by atoms with Crippen LogP contribution in [0.1, 0.15) is 5.56 Å². The fourth-order valence-corrected chi connectivity index (χ4v) is 3.67. The summed E-state index contributed by atoms with van der Waals surface area (Å²) in [5, 5.41) is 16.9. The number of rotatable bonds is 8. The third-order valence-electron chi connectivity index (χ3n) is 4.38. The molecule has 3 N–H and O–H groups in total. The van der Waals surface area contributed by atoms with E-state index in [2.05, 4.69) is 27.2 Å². The zero-order valence-electron chi connectivity index (χ0n) is 16.5. The van der Waals surface area contributed by atoms with Crippen LogP contribution >= 0.6 is 11.3 Å². The molecule has 31 heavy (non-hydrogen) atoms. The number of aliphatic hydroxyl groups excluding tert-OH is 1. The lowest BCUT2D eigenvalue weighted by molar-refractivity contribution is -0.111. The molecule has 4 aromatic rings. The zero-order valence-corrected chi connectivity index (χ0v) is 17.4. The van der Waals surface area contributed by atoms with E-state index in [0.717, 1.165) is 21.5 Å². The van der Waals surface area contributed by atoms with Crippen LogP contribution in [0.2, 0.25) is 0 Å². The SMILES string of the molecule is C=CC(=O)Nc1cccc(Oc2nc(Nc3ccc(CCO)cc3)nc3ccsc23)c1. The Morgan fingerprint density at radius 3 is 2.74 bits per heavy atom. The Morgan fingerprint density at radius 1 is 1.13 bits per heavy atom. The normalized spacial score (nSPS) is 10.6. The lowest BCUT2D eigenvalue weighted by Gasteiger charge is -2.11. The molecule has 0 aliphatic carbocycles. The Kier molecular flexibility index (Phi) is 6.21. The first-order valence-corrected chi connectivity index (χ1v) is 10.5. The van der Waals surface area contributed by atoms with Crippen LogP contribution < -0.4 is 15.4 Å². The second-order valence-corrected chi connectivity index (χ2v) is 7.52. The first-order chi connectivity index (χ1) is 15.1. The van der Waals surface area contributed by atoms with Crippen molar-refractivity contribution in [3.05, 3.63) is 78.2 Å². The first kappa shape index (κ1) is 20.5. The van der Waals surface area contributed by atoms with Crippen molar-refractivity contribution in [2.75, 3.05) is 17.2 Å². The lowest BCUT2D eigenvalue weighted by atomic mass is 10.1. The van der Waals surface area contributed by atoms with E-state index in [-0.39, 0.29) is 12.5 Å². The minimum absolute atomic E-state index is 0.115. The highest BCUT2D eigenvalue weighted by Crippen LogP contribution is 2.33. The minimum Gasteiger partial charge on any atom is -0.437 e. The molecule has 0 aliphatic rings. The van der Waals surface area contributed by atoms with Gasteiger partial charge in [0, 0.05) is 24.0 Å². The summed E-state index contributed by atoms with van der Waals surface area (Å²) in [7, 11) is 0. The molecule has 0 aliphatic heterocycles. The molecule has 0 unspecified atom stereocenters. The lowest BCUT2D eigenvalue weighted by Crippen LogP contribution is -2.07. The highest BCUT2D eigenvalue weighted by molar-refractivity contribution is 7.17. The number of benzene rings is 2. The molecule has 0 saturated carbocycles. The van der Waals surface area contributed by atoms with Crippen molar-refractivity contribution in [3.63, 3.8) is 0 Å². The second kappa shape index (κ2) is 9.38. The van der Waals surface area contributed by atoms with E-state index in [0.29, 0.717) is 29.7 Å².